The van der Waals surface area contributed by atoms with Crippen molar-refractivity contribution < 1.29 is 14.1 Å². The Morgan fingerprint density at radius 3 is 2.62 bits per heavy atom. The van der Waals surface area contributed by atoms with Crippen LogP contribution in [0.5, 0.6) is 0 Å². The van der Waals surface area contributed by atoms with Crippen molar-refractivity contribution in [2.24, 2.45) is 0 Å². The maximum atomic E-state index is 13.6. The Balaban J connectivity index is 2.31. The Morgan fingerprint density at radius 2 is 2.00 bits per heavy atom. The SMILES string of the molecule is O=C(Nc1cc([N+](=O)[O-])ccc1F)c1cc(Cl)cc(Br)c1. The van der Waals surface area contributed by atoms with Gasteiger partial charge in [-0.15, -0.1) is 0 Å². The molecule has 108 valence electrons. The molecule has 0 aliphatic rings. The first kappa shape index (κ1) is 15.4. The minimum Gasteiger partial charge on any atom is -0.319 e. The van der Waals surface area contributed by atoms with Crippen LogP contribution in [-0.4, -0.2) is 10.8 Å². The van der Waals surface area contributed by atoms with Crippen LogP contribution in [0, 0.1) is 15.9 Å². The van der Waals surface area contributed by atoms with Crippen molar-refractivity contribution in [2.45, 2.75) is 0 Å². The van der Waals surface area contributed by atoms with E-state index in [4.69, 9.17) is 11.6 Å². The number of nitro benzene ring substituents is 1. The molecule has 0 unspecified atom stereocenters. The number of halogens is 3. The maximum absolute atomic E-state index is 13.6. The van der Waals surface area contributed by atoms with E-state index < -0.39 is 16.6 Å². The van der Waals surface area contributed by atoms with Gasteiger partial charge in [-0.2, -0.15) is 0 Å². The van der Waals surface area contributed by atoms with E-state index in [2.05, 4.69) is 21.2 Å². The highest BCUT2D eigenvalue weighted by Gasteiger charge is 2.14. The topological polar surface area (TPSA) is 72.2 Å². The van der Waals surface area contributed by atoms with E-state index in [1.165, 1.54) is 12.1 Å². The summed E-state index contributed by atoms with van der Waals surface area (Å²) in [4.78, 5) is 22.0. The van der Waals surface area contributed by atoms with Crippen LogP contribution in [-0.2, 0) is 0 Å². The van der Waals surface area contributed by atoms with Crippen LogP contribution in [0.15, 0.2) is 40.9 Å². The van der Waals surface area contributed by atoms with Crippen LogP contribution in [0.25, 0.3) is 0 Å². The molecule has 0 saturated heterocycles. The van der Waals surface area contributed by atoms with E-state index in [0.29, 0.717) is 9.50 Å². The highest BCUT2D eigenvalue weighted by molar-refractivity contribution is 9.10. The second-order valence-corrected chi connectivity index (χ2v) is 5.39. The van der Waals surface area contributed by atoms with Gasteiger partial charge in [-0.05, 0) is 24.3 Å². The van der Waals surface area contributed by atoms with Gasteiger partial charge in [0.25, 0.3) is 11.6 Å². The molecule has 0 aliphatic carbocycles. The predicted octanol–water partition coefficient (Wildman–Crippen LogP) is 4.40. The number of hydrogen-bond acceptors (Lipinski definition) is 3. The Kier molecular flexibility index (Phi) is 4.54. The van der Waals surface area contributed by atoms with Gasteiger partial charge < -0.3 is 5.32 Å². The normalized spacial score (nSPS) is 10.2. The molecule has 2 aromatic carbocycles. The molecule has 0 saturated carbocycles. The number of hydrogen-bond donors (Lipinski definition) is 1. The second kappa shape index (κ2) is 6.19. The van der Waals surface area contributed by atoms with Crippen LogP contribution < -0.4 is 5.32 Å². The van der Waals surface area contributed by atoms with Crippen LogP contribution in [0.2, 0.25) is 5.02 Å². The molecular weight excluding hydrogens is 367 g/mol. The number of rotatable bonds is 3. The summed E-state index contributed by atoms with van der Waals surface area (Å²) in [5.41, 5.74) is -0.399. The smallest absolute Gasteiger partial charge is 0.271 e. The summed E-state index contributed by atoms with van der Waals surface area (Å²) in [7, 11) is 0. The third kappa shape index (κ3) is 3.77. The van der Waals surface area contributed by atoms with Crippen molar-refractivity contribution >= 4 is 44.8 Å². The first-order chi connectivity index (χ1) is 9.86. The number of non-ortho nitro benzene ring substituents is 1. The lowest BCUT2D eigenvalue weighted by Gasteiger charge is -2.07. The zero-order chi connectivity index (χ0) is 15.6. The van der Waals surface area contributed by atoms with E-state index >= 15 is 0 Å². The van der Waals surface area contributed by atoms with E-state index in [-0.39, 0.29) is 16.9 Å². The Labute approximate surface area is 132 Å². The molecule has 1 amide bonds. The first-order valence-electron chi connectivity index (χ1n) is 5.58. The summed E-state index contributed by atoms with van der Waals surface area (Å²) in [6.07, 6.45) is 0. The van der Waals surface area contributed by atoms with Crippen LogP contribution in [0.4, 0.5) is 15.8 Å². The van der Waals surface area contributed by atoms with E-state index in [0.717, 1.165) is 18.2 Å². The fourth-order valence-electron chi connectivity index (χ4n) is 1.60. The maximum Gasteiger partial charge on any atom is 0.271 e. The molecule has 2 aromatic rings. The quantitative estimate of drug-likeness (QED) is 0.640. The lowest BCUT2D eigenvalue weighted by molar-refractivity contribution is -0.384. The van der Waals surface area contributed by atoms with Crippen molar-refractivity contribution in [2.75, 3.05) is 5.32 Å². The molecule has 2 rings (SSSR count). The molecule has 0 heterocycles. The molecule has 1 N–H and O–H groups in total. The van der Waals surface area contributed by atoms with Gasteiger partial charge >= 0.3 is 0 Å². The zero-order valence-electron chi connectivity index (χ0n) is 10.3. The van der Waals surface area contributed by atoms with Crippen molar-refractivity contribution in [1.29, 1.82) is 0 Å². The summed E-state index contributed by atoms with van der Waals surface area (Å²) in [5.74, 6) is -1.40. The van der Waals surface area contributed by atoms with Gasteiger partial charge in [-0.3, -0.25) is 14.9 Å². The summed E-state index contributed by atoms with van der Waals surface area (Å²) in [6.45, 7) is 0. The van der Waals surface area contributed by atoms with E-state index in [1.807, 2.05) is 0 Å². The molecule has 0 atom stereocenters. The molecule has 5 nitrogen and oxygen atoms in total. The largest absolute Gasteiger partial charge is 0.319 e. The van der Waals surface area contributed by atoms with E-state index in [9.17, 15) is 19.3 Å². The number of carbonyl (C=O) groups is 1. The van der Waals surface area contributed by atoms with Crippen LogP contribution in [0.1, 0.15) is 10.4 Å². The lowest BCUT2D eigenvalue weighted by Crippen LogP contribution is -2.13. The number of carbonyl (C=O) groups excluding carboxylic acids is 1. The first-order valence-corrected chi connectivity index (χ1v) is 6.75. The second-order valence-electron chi connectivity index (χ2n) is 4.03. The summed E-state index contributed by atoms with van der Waals surface area (Å²) in [5, 5.41) is 13.3. The molecule has 0 radical (unpaired) electrons. The average molecular weight is 374 g/mol. The number of benzene rings is 2. The summed E-state index contributed by atoms with van der Waals surface area (Å²) >= 11 is 9.01. The fraction of sp³-hybridized carbons (Fsp3) is 0. The minimum atomic E-state index is -0.768. The van der Waals surface area contributed by atoms with Crippen molar-refractivity contribution in [3.05, 3.63) is 67.4 Å². The van der Waals surface area contributed by atoms with Crippen LogP contribution in [0.3, 0.4) is 0 Å². The van der Waals surface area contributed by atoms with Gasteiger partial charge in [0.2, 0.25) is 0 Å². The standard InChI is InChI=1S/C13H7BrClFN2O3/c14-8-3-7(4-9(15)5-8)13(19)17-12-6-10(18(20)21)1-2-11(12)16/h1-6H,(H,17,19). The Hall–Kier alpha value is -1.99. The van der Waals surface area contributed by atoms with Gasteiger partial charge in [0.1, 0.15) is 5.82 Å². The van der Waals surface area contributed by atoms with E-state index in [1.54, 1.807) is 6.07 Å². The predicted molar refractivity (Wildman–Crippen MR) is 80.2 cm³/mol. The van der Waals surface area contributed by atoms with Crippen molar-refractivity contribution in [1.82, 2.24) is 0 Å². The Morgan fingerprint density at radius 1 is 1.29 bits per heavy atom. The minimum absolute atomic E-state index is 0.195. The molecule has 0 bridgehead atoms. The van der Waals surface area contributed by atoms with Gasteiger partial charge in [0.05, 0.1) is 10.6 Å². The molecule has 8 heteroatoms. The fourth-order valence-corrected chi connectivity index (χ4v) is 2.46. The number of nitrogens with zero attached hydrogens (tertiary/aromatic N) is 1. The number of nitrogens with one attached hydrogen (secondary N) is 1. The number of nitro groups is 1. The average Bonchev–Trinajstić information content (AvgIpc) is 2.39. The molecule has 0 fully saturated rings. The third-order valence-corrected chi connectivity index (χ3v) is 3.21. The van der Waals surface area contributed by atoms with Gasteiger partial charge in [-0.25, -0.2) is 4.39 Å². The number of amides is 1. The zero-order valence-corrected chi connectivity index (χ0v) is 12.6. The summed E-state index contributed by atoms with van der Waals surface area (Å²) < 4.78 is 14.2. The van der Waals surface area contributed by atoms with Gasteiger partial charge in [0.15, 0.2) is 0 Å². The highest BCUT2D eigenvalue weighted by Crippen LogP contribution is 2.24. The molecule has 0 aromatic heterocycles. The molecular formula is C13H7BrClFN2O3. The monoisotopic (exact) mass is 372 g/mol. The van der Waals surface area contributed by atoms with Crippen LogP contribution >= 0.6 is 27.5 Å². The highest BCUT2D eigenvalue weighted by atomic mass is 79.9. The molecule has 0 spiro atoms. The third-order valence-electron chi connectivity index (χ3n) is 2.53. The van der Waals surface area contributed by atoms with Crippen molar-refractivity contribution in [3.8, 4) is 0 Å². The molecule has 21 heavy (non-hydrogen) atoms. The molecule has 0 aliphatic heterocycles. The summed E-state index contributed by atoms with van der Waals surface area (Å²) in [6, 6.07) is 7.37. The van der Waals surface area contributed by atoms with Gasteiger partial charge in [-0.1, -0.05) is 27.5 Å². The van der Waals surface area contributed by atoms with Crippen molar-refractivity contribution in [3.63, 3.8) is 0 Å². The lowest BCUT2D eigenvalue weighted by atomic mass is 10.2. The number of anilines is 1. The Bertz CT molecular complexity index is 719. The van der Waals surface area contributed by atoms with Gasteiger partial charge in [0, 0.05) is 27.2 Å².